The van der Waals surface area contributed by atoms with Gasteiger partial charge in [0, 0.05) is 56.1 Å². The van der Waals surface area contributed by atoms with Gasteiger partial charge in [0.05, 0.1) is 19.3 Å². The standard InChI is InChI=1S/C34H27NO4S/c36-33-34(19-39-29-17-28-20(13-15-38-28)16-26(29)34)31-23(8-4-11-27(31)35(33)18-21-6-5-14-37-21)25-10-3-9-24-22-7-1-2-12-30(22)40-32(24)25/h1-4,7-12,16-17,21H,5-6,13-15,18-19H2/t21-,34?/m1/s1. The van der Waals surface area contributed by atoms with E-state index in [0.29, 0.717) is 19.8 Å². The van der Waals surface area contributed by atoms with Crippen LogP contribution in [-0.4, -0.2) is 38.4 Å². The summed E-state index contributed by atoms with van der Waals surface area (Å²) in [4.78, 5) is 16.8. The van der Waals surface area contributed by atoms with E-state index in [1.54, 1.807) is 0 Å². The molecule has 1 spiro atoms. The molecule has 1 fully saturated rings. The van der Waals surface area contributed by atoms with E-state index in [9.17, 15) is 4.79 Å². The maximum atomic E-state index is 14.8. The highest BCUT2D eigenvalue weighted by Gasteiger charge is 2.58. The summed E-state index contributed by atoms with van der Waals surface area (Å²) in [5, 5.41) is 2.52. The number of rotatable bonds is 3. The van der Waals surface area contributed by atoms with Crippen LogP contribution in [-0.2, 0) is 21.4 Å². The van der Waals surface area contributed by atoms with Crippen LogP contribution in [0.2, 0.25) is 0 Å². The summed E-state index contributed by atoms with van der Waals surface area (Å²) < 4.78 is 20.8. The van der Waals surface area contributed by atoms with Crippen molar-refractivity contribution in [1.82, 2.24) is 0 Å². The Kier molecular flexibility index (Phi) is 4.76. The highest BCUT2D eigenvalue weighted by molar-refractivity contribution is 7.26. The number of fused-ring (bicyclic) bond motifs is 8. The molecule has 5 aromatic rings. The van der Waals surface area contributed by atoms with E-state index in [1.807, 2.05) is 22.3 Å². The average molecular weight is 546 g/mol. The molecule has 5 heterocycles. The smallest absolute Gasteiger partial charge is 0.245 e. The van der Waals surface area contributed by atoms with Crippen LogP contribution in [0.15, 0.2) is 72.8 Å². The van der Waals surface area contributed by atoms with Crippen molar-refractivity contribution in [1.29, 1.82) is 0 Å². The fraction of sp³-hybridized carbons (Fsp3) is 0.265. The second-order valence-electron chi connectivity index (χ2n) is 11.3. The summed E-state index contributed by atoms with van der Waals surface area (Å²) in [6.07, 6.45) is 2.92. The van der Waals surface area contributed by atoms with Crippen LogP contribution in [0.5, 0.6) is 11.5 Å². The van der Waals surface area contributed by atoms with Crippen LogP contribution in [0.4, 0.5) is 5.69 Å². The molecule has 1 unspecified atom stereocenters. The number of amides is 1. The van der Waals surface area contributed by atoms with Gasteiger partial charge >= 0.3 is 0 Å². The van der Waals surface area contributed by atoms with Crippen LogP contribution in [0.1, 0.15) is 29.5 Å². The lowest BCUT2D eigenvalue weighted by atomic mass is 9.73. The minimum absolute atomic E-state index is 0.0526. The van der Waals surface area contributed by atoms with Crippen LogP contribution < -0.4 is 14.4 Å². The molecule has 1 saturated heterocycles. The van der Waals surface area contributed by atoms with Gasteiger partial charge in [0.25, 0.3) is 0 Å². The first-order valence-electron chi connectivity index (χ1n) is 14.1. The molecule has 0 bridgehead atoms. The maximum absolute atomic E-state index is 14.8. The Morgan fingerprint density at radius 2 is 1.77 bits per heavy atom. The molecule has 0 radical (unpaired) electrons. The molecule has 4 aliphatic rings. The number of carbonyl (C=O) groups is 1. The van der Waals surface area contributed by atoms with Crippen molar-refractivity contribution in [2.45, 2.75) is 30.8 Å². The van der Waals surface area contributed by atoms with Crippen molar-refractivity contribution >= 4 is 43.1 Å². The number of benzene rings is 4. The second-order valence-corrected chi connectivity index (χ2v) is 12.3. The van der Waals surface area contributed by atoms with Gasteiger partial charge in [-0.05, 0) is 47.7 Å². The summed E-state index contributed by atoms with van der Waals surface area (Å²) in [5.41, 5.74) is 5.51. The highest BCUT2D eigenvalue weighted by Crippen LogP contribution is 2.57. The Labute approximate surface area is 235 Å². The zero-order valence-corrected chi connectivity index (χ0v) is 22.8. The maximum Gasteiger partial charge on any atom is 0.245 e. The number of thiophene rings is 1. The minimum Gasteiger partial charge on any atom is -0.493 e. The first-order valence-corrected chi connectivity index (χ1v) is 14.9. The van der Waals surface area contributed by atoms with Crippen molar-refractivity contribution in [2.75, 3.05) is 31.3 Å². The van der Waals surface area contributed by atoms with Crippen molar-refractivity contribution in [3.8, 4) is 22.6 Å². The van der Waals surface area contributed by atoms with Gasteiger partial charge in [0.2, 0.25) is 5.91 Å². The van der Waals surface area contributed by atoms with E-state index >= 15 is 0 Å². The van der Waals surface area contributed by atoms with Gasteiger partial charge in [-0.3, -0.25) is 4.79 Å². The number of ether oxygens (including phenoxy) is 3. The molecule has 40 heavy (non-hydrogen) atoms. The first-order chi connectivity index (χ1) is 19.7. The molecule has 0 N–H and O–H groups in total. The molecule has 6 heteroatoms. The van der Waals surface area contributed by atoms with E-state index < -0.39 is 5.41 Å². The van der Waals surface area contributed by atoms with Crippen molar-refractivity contribution in [3.05, 3.63) is 89.5 Å². The Bertz CT molecular complexity index is 1870. The average Bonchev–Trinajstić information content (AvgIpc) is 3.81. The van der Waals surface area contributed by atoms with E-state index in [4.69, 9.17) is 14.2 Å². The largest absolute Gasteiger partial charge is 0.493 e. The van der Waals surface area contributed by atoms with Gasteiger partial charge in [-0.1, -0.05) is 48.5 Å². The zero-order valence-electron chi connectivity index (χ0n) is 21.9. The Balaban J connectivity index is 1.32. The molecule has 4 aliphatic heterocycles. The van der Waals surface area contributed by atoms with E-state index in [0.717, 1.165) is 65.3 Å². The monoisotopic (exact) mass is 545 g/mol. The summed E-state index contributed by atoms with van der Waals surface area (Å²) in [5.74, 6) is 1.72. The number of nitrogens with zero attached hydrogens (tertiary/aromatic N) is 1. The topological polar surface area (TPSA) is 48.0 Å². The van der Waals surface area contributed by atoms with Crippen molar-refractivity contribution < 1.29 is 19.0 Å². The molecule has 1 aromatic heterocycles. The molecule has 0 aliphatic carbocycles. The third kappa shape index (κ3) is 2.98. The molecule has 1 amide bonds. The molecule has 0 saturated carbocycles. The summed E-state index contributed by atoms with van der Waals surface area (Å²) in [6.45, 7) is 2.28. The normalized spacial score (nSPS) is 22.6. The SMILES string of the molecule is O=C1N(C[C@H]2CCCO2)c2cccc(-c3cccc4c3sc3ccccc34)c2C12COc1cc3c(cc12)CCO3. The number of hydrogen-bond acceptors (Lipinski definition) is 5. The molecule has 2 atom stereocenters. The third-order valence-electron chi connectivity index (χ3n) is 9.17. The van der Waals surface area contributed by atoms with Crippen molar-refractivity contribution in [2.24, 2.45) is 0 Å². The predicted molar refractivity (Wildman–Crippen MR) is 158 cm³/mol. The fourth-order valence-corrected chi connectivity index (χ4v) is 8.55. The fourth-order valence-electron chi connectivity index (χ4n) is 7.32. The van der Waals surface area contributed by atoms with Gasteiger partial charge in [-0.25, -0.2) is 0 Å². The van der Waals surface area contributed by atoms with Gasteiger partial charge < -0.3 is 19.1 Å². The lowest BCUT2D eigenvalue weighted by Crippen LogP contribution is -2.45. The number of carbonyl (C=O) groups excluding carboxylic acids is 1. The van der Waals surface area contributed by atoms with Gasteiger partial charge in [0.1, 0.15) is 23.5 Å². The molecule has 9 rings (SSSR count). The van der Waals surface area contributed by atoms with Crippen LogP contribution >= 0.6 is 11.3 Å². The molecule has 4 aromatic carbocycles. The number of anilines is 1. The first kappa shape index (κ1) is 22.9. The van der Waals surface area contributed by atoms with E-state index in [-0.39, 0.29) is 12.0 Å². The van der Waals surface area contributed by atoms with Crippen LogP contribution in [0.25, 0.3) is 31.3 Å². The van der Waals surface area contributed by atoms with E-state index in [2.05, 4.69) is 66.7 Å². The van der Waals surface area contributed by atoms with Crippen LogP contribution in [0, 0.1) is 0 Å². The zero-order chi connectivity index (χ0) is 26.4. The number of hydrogen-bond donors (Lipinski definition) is 0. The lowest BCUT2D eigenvalue weighted by molar-refractivity contribution is -0.122. The predicted octanol–water partition coefficient (Wildman–Crippen LogP) is 6.86. The molecule has 5 nitrogen and oxygen atoms in total. The third-order valence-corrected chi connectivity index (χ3v) is 10.4. The summed E-state index contributed by atoms with van der Waals surface area (Å²) in [6, 6.07) is 25.7. The van der Waals surface area contributed by atoms with E-state index in [1.165, 1.54) is 25.7 Å². The van der Waals surface area contributed by atoms with Gasteiger partial charge in [0.15, 0.2) is 0 Å². The van der Waals surface area contributed by atoms with Gasteiger partial charge in [-0.15, -0.1) is 11.3 Å². The molecular formula is C34H27NO4S. The Morgan fingerprint density at radius 3 is 2.70 bits per heavy atom. The second kappa shape index (κ2) is 8.32. The Hall–Kier alpha value is -3.87. The van der Waals surface area contributed by atoms with Crippen LogP contribution in [0.3, 0.4) is 0 Å². The van der Waals surface area contributed by atoms with Crippen molar-refractivity contribution in [3.63, 3.8) is 0 Å². The quantitative estimate of drug-likeness (QED) is 0.249. The molecular weight excluding hydrogens is 518 g/mol. The van der Waals surface area contributed by atoms with Gasteiger partial charge in [-0.2, -0.15) is 0 Å². The molecule has 198 valence electrons. The Morgan fingerprint density at radius 1 is 0.900 bits per heavy atom. The highest BCUT2D eigenvalue weighted by atomic mass is 32.1. The summed E-state index contributed by atoms with van der Waals surface area (Å²) in [7, 11) is 0. The lowest BCUT2D eigenvalue weighted by Gasteiger charge is -2.25. The minimum atomic E-state index is -0.906. The summed E-state index contributed by atoms with van der Waals surface area (Å²) >= 11 is 1.82.